The van der Waals surface area contributed by atoms with Crippen LogP contribution >= 0.6 is 0 Å². The van der Waals surface area contributed by atoms with Gasteiger partial charge in [0.25, 0.3) is 0 Å². The molecular formula is C38H50N4. The third kappa shape index (κ3) is 6.74. The summed E-state index contributed by atoms with van der Waals surface area (Å²) in [6.45, 7) is 6.47. The second-order valence-electron chi connectivity index (χ2n) is 13.0. The highest BCUT2D eigenvalue weighted by molar-refractivity contribution is 5.95. The predicted octanol–water partition coefficient (Wildman–Crippen LogP) is 9.80. The number of nitrogens with one attached hydrogen (secondary N) is 2. The van der Waals surface area contributed by atoms with Gasteiger partial charge in [-0.25, -0.2) is 0 Å². The first kappa shape index (κ1) is 29.0. The summed E-state index contributed by atoms with van der Waals surface area (Å²) in [5.74, 6) is 0. The lowest BCUT2D eigenvalue weighted by atomic mass is 9.93. The molecule has 0 aliphatic heterocycles. The number of hydrogen-bond acceptors (Lipinski definition) is 4. The number of benzene rings is 2. The minimum Gasteiger partial charge on any atom is -0.384 e. The molecule has 2 aliphatic rings. The van der Waals surface area contributed by atoms with E-state index >= 15 is 0 Å². The highest BCUT2D eigenvalue weighted by Gasteiger charge is 2.18. The van der Waals surface area contributed by atoms with Gasteiger partial charge in [-0.2, -0.15) is 0 Å². The SMILES string of the molecule is Cc1ccc2nc3c(c(NCCCCCCNc4c5c(nc6ccc(C)cc46)CCCCCC5)c2c1)CCCCCC3. The zero-order chi connectivity index (χ0) is 28.7. The third-order valence-electron chi connectivity index (χ3n) is 9.54. The molecule has 0 bridgehead atoms. The highest BCUT2D eigenvalue weighted by Crippen LogP contribution is 2.34. The molecule has 2 aromatic heterocycles. The number of rotatable bonds is 9. The molecule has 42 heavy (non-hydrogen) atoms. The molecule has 6 rings (SSSR count). The molecule has 0 radical (unpaired) electrons. The molecule has 4 aromatic rings. The molecule has 4 heteroatoms. The number of hydrogen-bond donors (Lipinski definition) is 2. The van der Waals surface area contributed by atoms with Crippen molar-refractivity contribution in [1.82, 2.24) is 9.97 Å². The van der Waals surface area contributed by atoms with Gasteiger partial charge in [-0.05, 0) is 113 Å². The van der Waals surface area contributed by atoms with Crippen molar-refractivity contribution >= 4 is 33.2 Å². The smallest absolute Gasteiger partial charge is 0.0726 e. The summed E-state index contributed by atoms with van der Waals surface area (Å²) >= 11 is 0. The van der Waals surface area contributed by atoms with Crippen LogP contribution in [0.25, 0.3) is 21.8 Å². The topological polar surface area (TPSA) is 49.8 Å². The van der Waals surface area contributed by atoms with Gasteiger partial charge in [0.2, 0.25) is 0 Å². The summed E-state index contributed by atoms with van der Waals surface area (Å²) < 4.78 is 0. The fraction of sp³-hybridized carbons (Fsp3) is 0.526. The molecule has 0 unspecified atom stereocenters. The molecule has 0 saturated carbocycles. The van der Waals surface area contributed by atoms with Crippen LogP contribution in [0.15, 0.2) is 36.4 Å². The molecule has 2 N–H and O–H groups in total. The normalized spacial score (nSPS) is 15.8. The van der Waals surface area contributed by atoms with E-state index in [0.29, 0.717) is 0 Å². The fourth-order valence-electron chi connectivity index (χ4n) is 7.22. The summed E-state index contributed by atoms with van der Waals surface area (Å²) in [6, 6.07) is 13.5. The number of anilines is 2. The van der Waals surface area contributed by atoms with Crippen LogP contribution in [0.2, 0.25) is 0 Å². The Morgan fingerprint density at radius 3 is 1.40 bits per heavy atom. The Hall–Kier alpha value is -3.14. The minimum absolute atomic E-state index is 1.04. The second kappa shape index (κ2) is 13.9. The molecule has 0 spiro atoms. The Morgan fingerprint density at radius 1 is 0.524 bits per heavy atom. The van der Waals surface area contributed by atoms with Crippen molar-refractivity contribution in [3.8, 4) is 0 Å². The Bertz CT molecular complexity index is 1410. The van der Waals surface area contributed by atoms with Crippen molar-refractivity contribution in [1.29, 1.82) is 0 Å². The lowest BCUT2D eigenvalue weighted by Crippen LogP contribution is -2.11. The first-order valence-corrected chi connectivity index (χ1v) is 17.0. The maximum absolute atomic E-state index is 5.13. The van der Waals surface area contributed by atoms with Gasteiger partial charge in [-0.15, -0.1) is 0 Å². The van der Waals surface area contributed by atoms with Crippen LogP contribution in [0, 0.1) is 13.8 Å². The number of pyridine rings is 2. The second-order valence-corrected chi connectivity index (χ2v) is 13.0. The summed E-state index contributed by atoms with van der Waals surface area (Å²) in [5, 5.41) is 10.5. The molecular weight excluding hydrogens is 512 g/mol. The van der Waals surface area contributed by atoms with Crippen molar-refractivity contribution in [2.24, 2.45) is 0 Å². The van der Waals surface area contributed by atoms with Crippen LogP contribution < -0.4 is 10.6 Å². The van der Waals surface area contributed by atoms with E-state index in [0.717, 1.165) is 49.8 Å². The van der Waals surface area contributed by atoms with E-state index in [4.69, 9.17) is 9.97 Å². The molecule has 4 nitrogen and oxygen atoms in total. The van der Waals surface area contributed by atoms with Crippen molar-refractivity contribution in [3.05, 3.63) is 70.0 Å². The molecule has 0 saturated heterocycles. The van der Waals surface area contributed by atoms with Gasteiger partial charge in [-0.1, -0.05) is 61.8 Å². The number of aromatic nitrogens is 2. The summed E-state index contributed by atoms with van der Waals surface area (Å²) in [7, 11) is 0. The van der Waals surface area contributed by atoms with E-state index in [-0.39, 0.29) is 0 Å². The van der Waals surface area contributed by atoms with E-state index < -0.39 is 0 Å². The highest BCUT2D eigenvalue weighted by atomic mass is 14.9. The van der Waals surface area contributed by atoms with E-state index in [1.807, 2.05) is 0 Å². The van der Waals surface area contributed by atoms with Crippen LogP contribution in [0.4, 0.5) is 11.4 Å². The van der Waals surface area contributed by atoms with Gasteiger partial charge in [-0.3, -0.25) is 9.97 Å². The molecule has 0 amide bonds. The average molecular weight is 563 g/mol. The van der Waals surface area contributed by atoms with E-state index in [2.05, 4.69) is 60.9 Å². The van der Waals surface area contributed by atoms with Crippen molar-refractivity contribution in [2.75, 3.05) is 23.7 Å². The first-order chi connectivity index (χ1) is 20.7. The molecule has 2 aromatic carbocycles. The molecule has 0 fully saturated rings. The summed E-state index contributed by atoms with van der Waals surface area (Å²) in [6.07, 6.45) is 19.9. The van der Waals surface area contributed by atoms with E-state index in [1.165, 1.54) is 133 Å². The lowest BCUT2D eigenvalue weighted by Gasteiger charge is -2.21. The number of unbranched alkanes of at least 4 members (excludes halogenated alkanes) is 3. The van der Waals surface area contributed by atoms with Crippen LogP contribution in [0.3, 0.4) is 0 Å². The number of fused-ring (bicyclic) bond motifs is 4. The number of aryl methyl sites for hydroxylation is 4. The van der Waals surface area contributed by atoms with Gasteiger partial charge in [0.15, 0.2) is 0 Å². The zero-order valence-electron chi connectivity index (χ0n) is 26.1. The van der Waals surface area contributed by atoms with Crippen molar-refractivity contribution in [3.63, 3.8) is 0 Å². The molecule has 2 heterocycles. The quantitative estimate of drug-likeness (QED) is 0.199. The predicted molar refractivity (Wildman–Crippen MR) is 180 cm³/mol. The minimum atomic E-state index is 1.04. The average Bonchev–Trinajstić information content (AvgIpc) is 2.96. The Balaban J connectivity index is 1.06. The van der Waals surface area contributed by atoms with Crippen LogP contribution in [-0.4, -0.2) is 23.1 Å². The molecule has 2 aliphatic carbocycles. The van der Waals surface area contributed by atoms with E-state index in [1.54, 1.807) is 0 Å². The molecule has 0 atom stereocenters. The lowest BCUT2D eigenvalue weighted by molar-refractivity contribution is 0.610. The first-order valence-electron chi connectivity index (χ1n) is 17.0. The van der Waals surface area contributed by atoms with Gasteiger partial charge in [0.05, 0.1) is 11.0 Å². The Labute approximate surface area is 253 Å². The largest absolute Gasteiger partial charge is 0.384 e. The fourth-order valence-corrected chi connectivity index (χ4v) is 7.22. The third-order valence-corrected chi connectivity index (χ3v) is 9.54. The van der Waals surface area contributed by atoms with Crippen LogP contribution in [-0.2, 0) is 25.7 Å². The van der Waals surface area contributed by atoms with Gasteiger partial charge < -0.3 is 10.6 Å². The Morgan fingerprint density at radius 2 is 0.952 bits per heavy atom. The standard InChI is InChI=1S/C38H50N4/c1-27-19-21-35-31(25-27)37(29-15-9-3-5-11-17-33(29)41-35)39-23-13-7-8-14-24-40-38-30-16-10-4-6-12-18-34(30)42-36-22-20-28(2)26-32(36)38/h19-22,25-26H,3-18,23-24H2,1-2H3,(H,39,41)(H,40,42). The van der Waals surface area contributed by atoms with Crippen LogP contribution in [0.1, 0.15) is 111 Å². The summed E-state index contributed by atoms with van der Waals surface area (Å²) in [5.41, 5.74) is 13.3. The van der Waals surface area contributed by atoms with E-state index in [9.17, 15) is 0 Å². The maximum Gasteiger partial charge on any atom is 0.0726 e. The Kier molecular flexibility index (Phi) is 9.57. The van der Waals surface area contributed by atoms with Crippen molar-refractivity contribution < 1.29 is 0 Å². The summed E-state index contributed by atoms with van der Waals surface area (Å²) in [4.78, 5) is 10.3. The zero-order valence-corrected chi connectivity index (χ0v) is 26.1. The van der Waals surface area contributed by atoms with Crippen molar-refractivity contribution in [2.45, 2.75) is 117 Å². The van der Waals surface area contributed by atoms with Gasteiger partial charge >= 0.3 is 0 Å². The maximum atomic E-state index is 5.13. The van der Waals surface area contributed by atoms with Gasteiger partial charge in [0.1, 0.15) is 0 Å². The monoisotopic (exact) mass is 562 g/mol. The molecule has 222 valence electrons. The van der Waals surface area contributed by atoms with Crippen LogP contribution in [0.5, 0.6) is 0 Å². The number of nitrogens with zero attached hydrogens (tertiary/aromatic N) is 2. The van der Waals surface area contributed by atoms with Gasteiger partial charge in [0, 0.05) is 46.6 Å².